The summed E-state index contributed by atoms with van der Waals surface area (Å²) in [6.45, 7) is 10.7. The van der Waals surface area contributed by atoms with Gasteiger partial charge in [0.1, 0.15) is 5.75 Å². The molecule has 0 aliphatic rings. The first kappa shape index (κ1) is 15.8. The highest BCUT2D eigenvalue weighted by Gasteiger charge is 2.14. The number of hydrogen-bond acceptors (Lipinski definition) is 2. The highest BCUT2D eigenvalue weighted by Crippen LogP contribution is 2.25. The highest BCUT2D eigenvalue weighted by atomic mass is 16.7. The zero-order valence-corrected chi connectivity index (χ0v) is 12.9. The molecule has 106 valence electrons. The Labute approximate surface area is 117 Å². The molecule has 1 atom stereocenters. The van der Waals surface area contributed by atoms with Gasteiger partial charge in [0.2, 0.25) is 6.29 Å². The predicted molar refractivity (Wildman–Crippen MR) is 81.2 cm³/mol. The molecule has 19 heavy (non-hydrogen) atoms. The Morgan fingerprint density at radius 3 is 2.00 bits per heavy atom. The molecule has 0 fully saturated rings. The summed E-state index contributed by atoms with van der Waals surface area (Å²) in [5.41, 5.74) is 2.61. The zero-order valence-electron chi connectivity index (χ0n) is 12.9. The van der Waals surface area contributed by atoms with Crippen molar-refractivity contribution in [3.8, 4) is 5.75 Å². The van der Waals surface area contributed by atoms with Gasteiger partial charge in [0.05, 0.1) is 0 Å². The van der Waals surface area contributed by atoms with Gasteiger partial charge in [-0.15, -0.1) is 0 Å². The first-order chi connectivity index (χ1) is 8.99. The van der Waals surface area contributed by atoms with E-state index in [4.69, 9.17) is 9.47 Å². The van der Waals surface area contributed by atoms with Crippen molar-refractivity contribution in [2.45, 2.75) is 40.9 Å². The zero-order chi connectivity index (χ0) is 14.4. The molecule has 0 aliphatic heterocycles. The lowest BCUT2D eigenvalue weighted by Crippen LogP contribution is -2.24. The monoisotopic (exact) mass is 262 g/mol. The van der Waals surface area contributed by atoms with Crippen molar-refractivity contribution in [3.63, 3.8) is 0 Å². The summed E-state index contributed by atoms with van der Waals surface area (Å²) >= 11 is 0. The van der Waals surface area contributed by atoms with Gasteiger partial charge < -0.3 is 9.47 Å². The Balaban J connectivity index is 2.82. The van der Waals surface area contributed by atoms with Crippen LogP contribution in [0.4, 0.5) is 0 Å². The Hall–Kier alpha value is -1.28. The van der Waals surface area contributed by atoms with Crippen LogP contribution in [0.3, 0.4) is 0 Å². The van der Waals surface area contributed by atoms with Gasteiger partial charge in [0.25, 0.3) is 0 Å². The molecule has 0 amide bonds. The van der Waals surface area contributed by atoms with Crippen LogP contribution in [-0.4, -0.2) is 13.4 Å². The molecule has 1 rings (SSSR count). The first-order valence-corrected chi connectivity index (χ1v) is 6.95. The Bertz CT molecular complexity index is 402. The standard InChI is InChI=1S/C17H26O2/c1-7-16(12(2)3)14-8-10-15(11-9-14)19-17(18-6)13(4)5/h7-13,17H,1-6H3. The molecule has 0 aliphatic carbocycles. The summed E-state index contributed by atoms with van der Waals surface area (Å²) in [5, 5.41) is 0. The maximum absolute atomic E-state index is 5.81. The van der Waals surface area contributed by atoms with E-state index >= 15 is 0 Å². The van der Waals surface area contributed by atoms with Crippen LogP contribution in [0.2, 0.25) is 0 Å². The molecule has 0 aromatic heterocycles. The fourth-order valence-corrected chi connectivity index (χ4v) is 2.15. The maximum atomic E-state index is 5.81. The molecule has 1 aromatic carbocycles. The molecule has 0 saturated carbocycles. The second kappa shape index (κ2) is 7.34. The minimum absolute atomic E-state index is 0.197. The van der Waals surface area contributed by atoms with Crippen molar-refractivity contribution < 1.29 is 9.47 Å². The molecular weight excluding hydrogens is 236 g/mol. The lowest BCUT2D eigenvalue weighted by Gasteiger charge is -2.21. The van der Waals surface area contributed by atoms with Gasteiger partial charge in [-0.05, 0) is 36.1 Å². The third-order valence-corrected chi connectivity index (χ3v) is 3.15. The molecule has 0 saturated heterocycles. The number of benzene rings is 1. The maximum Gasteiger partial charge on any atom is 0.201 e. The van der Waals surface area contributed by atoms with Crippen LogP contribution in [0.1, 0.15) is 40.2 Å². The van der Waals surface area contributed by atoms with E-state index in [0.29, 0.717) is 11.8 Å². The molecule has 1 unspecified atom stereocenters. The minimum Gasteiger partial charge on any atom is -0.465 e. The van der Waals surface area contributed by atoms with Crippen LogP contribution < -0.4 is 4.74 Å². The fourth-order valence-electron chi connectivity index (χ4n) is 2.15. The van der Waals surface area contributed by atoms with E-state index in [1.54, 1.807) is 7.11 Å². The van der Waals surface area contributed by atoms with E-state index in [1.165, 1.54) is 11.1 Å². The van der Waals surface area contributed by atoms with E-state index < -0.39 is 0 Å². The van der Waals surface area contributed by atoms with Crippen LogP contribution in [-0.2, 0) is 4.74 Å². The van der Waals surface area contributed by atoms with Crippen molar-refractivity contribution in [1.29, 1.82) is 0 Å². The summed E-state index contributed by atoms with van der Waals surface area (Å²) in [5.74, 6) is 1.70. The second-order valence-electron chi connectivity index (χ2n) is 5.39. The number of ether oxygens (including phenoxy) is 2. The van der Waals surface area contributed by atoms with Crippen molar-refractivity contribution in [1.82, 2.24) is 0 Å². The van der Waals surface area contributed by atoms with E-state index in [2.05, 4.69) is 52.8 Å². The van der Waals surface area contributed by atoms with Crippen LogP contribution in [0, 0.1) is 11.8 Å². The highest BCUT2D eigenvalue weighted by molar-refractivity contribution is 5.67. The van der Waals surface area contributed by atoms with Crippen molar-refractivity contribution in [2.24, 2.45) is 11.8 Å². The fraction of sp³-hybridized carbons (Fsp3) is 0.529. The van der Waals surface area contributed by atoms with Crippen LogP contribution in [0.5, 0.6) is 5.75 Å². The van der Waals surface area contributed by atoms with Gasteiger partial charge >= 0.3 is 0 Å². The van der Waals surface area contributed by atoms with Crippen LogP contribution >= 0.6 is 0 Å². The second-order valence-corrected chi connectivity index (χ2v) is 5.39. The molecular formula is C17H26O2. The van der Waals surface area contributed by atoms with Gasteiger partial charge in [-0.3, -0.25) is 0 Å². The summed E-state index contributed by atoms with van der Waals surface area (Å²) in [7, 11) is 1.68. The average Bonchev–Trinajstić information content (AvgIpc) is 2.37. The summed E-state index contributed by atoms with van der Waals surface area (Å²) < 4.78 is 11.1. The number of rotatable bonds is 6. The molecule has 0 spiro atoms. The summed E-state index contributed by atoms with van der Waals surface area (Å²) in [4.78, 5) is 0. The molecule has 0 heterocycles. The summed E-state index contributed by atoms with van der Waals surface area (Å²) in [6, 6.07) is 8.24. The number of hydrogen-bond donors (Lipinski definition) is 0. The van der Waals surface area contributed by atoms with Crippen LogP contribution in [0.25, 0.3) is 5.57 Å². The molecule has 2 heteroatoms. The largest absolute Gasteiger partial charge is 0.465 e. The minimum atomic E-state index is -0.197. The van der Waals surface area contributed by atoms with E-state index in [0.717, 1.165) is 5.75 Å². The Kier molecular flexibility index (Phi) is 6.10. The van der Waals surface area contributed by atoms with Crippen LogP contribution in [0.15, 0.2) is 30.3 Å². The quantitative estimate of drug-likeness (QED) is 0.689. The predicted octanol–water partition coefficient (Wildman–Crippen LogP) is 4.75. The first-order valence-electron chi connectivity index (χ1n) is 6.95. The van der Waals surface area contributed by atoms with Crippen molar-refractivity contribution >= 4 is 5.57 Å². The molecule has 0 radical (unpaired) electrons. The van der Waals surface area contributed by atoms with Gasteiger partial charge in [-0.2, -0.15) is 0 Å². The normalized spacial score (nSPS) is 14.0. The number of allylic oxidation sites excluding steroid dienone is 2. The SMILES string of the molecule is CC=C(c1ccc(OC(OC)C(C)C)cc1)C(C)C. The van der Waals surface area contributed by atoms with E-state index in [9.17, 15) is 0 Å². The van der Waals surface area contributed by atoms with Gasteiger partial charge in [-0.1, -0.05) is 45.9 Å². The Morgan fingerprint density at radius 2 is 1.63 bits per heavy atom. The third kappa shape index (κ3) is 4.39. The molecule has 0 bridgehead atoms. The molecule has 1 aromatic rings. The lowest BCUT2D eigenvalue weighted by molar-refractivity contribution is -0.0833. The third-order valence-electron chi connectivity index (χ3n) is 3.15. The van der Waals surface area contributed by atoms with Crippen molar-refractivity contribution in [2.75, 3.05) is 7.11 Å². The smallest absolute Gasteiger partial charge is 0.201 e. The average molecular weight is 262 g/mol. The van der Waals surface area contributed by atoms with E-state index in [-0.39, 0.29) is 6.29 Å². The van der Waals surface area contributed by atoms with Gasteiger partial charge in [0, 0.05) is 13.0 Å². The Morgan fingerprint density at radius 1 is 1.05 bits per heavy atom. The lowest BCUT2D eigenvalue weighted by atomic mass is 9.95. The van der Waals surface area contributed by atoms with E-state index in [1.807, 2.05) is 12.1 Å². The van der Waals surface area contributed by atoms with Gasteiger partial charge in [-0.25, -0.2) is 0 Å². The topological polar surface area (TPSA) is 18.5 Å². The van der Waals surface area contributed by atoms with Gasteiger partial charge in [0.15, 0.2) is 0 Å². The van der Waals surface area contributed by atoms with Crippen molar-refractivity contribution in [3.05, 3.63) is 35.9 Å². The molecule has 2 nitrogen and oxygen atoms in total. The number of methoxy groups -OCH3 is 1. The summed E-state index contributed by atoms with van der Waals surface area (Å²) in [6.07, 6.45) is 1.98. The molecule has 0 N–H and O–H groups in total.